The molecule has 1 aromatic rings. The Kier molecular flexibility index (Phi) is 5.99. The van der Waals surface area contributed by atoms with Crippen molar-refractivity contribution in [2.75, 3.05) is 12.9 Å². The fourth-order valence-corrected chi connectivity index (χ4v) is 5.10. The number of imide groups is 1. The summed E-state index contributed by atoms with van der Waals surface area (Å²) in [6.45, 7) is 10.5. The van der Waals surface area contributed by atoms with Crippen molar-refractivity contribution >= 4 is 40.5 Å². The molecule has 0 spiro atoms. The number of nitrogens with zero attached hydrogens (tertiary/aromatic N) is 1. The molecule has 1 aliphatic heterocycles. The summed E-state index contributed by atoms with van der Waals surface area (Å²) in [6, 6.07) is 0. The summed E-state index contributed by atoms with van der Waals surface area (Å²) in [5.74, 6) is -1.16. The first kappa shape index (κ1) is 21.7. The maximum Gasteiger partial charge on any atom is 0.417 e. The molecule has 0 N–H and O–H groups in total. The molecule has 2 heterocycles. The van der Waals surface area contributed by atoms with Crippen LogP contribution in [-0.4, -0.2) is 51.4 Å². The fraction of sp³-hybridized carbons (Fsp3) is 0.611. The maximum absolute atomic E-state index is 13.1. The Labute approximate surface area is 166 Å². The molecule has 9 heteroatoms. The van der Waals surface area contributed by atoms with Crippen LogP contribution in [0.25, 0.3) is 0 Å². The molecular formula is C18H25NO6S2. The van der Waals surface area contributed by atoms with Crippen LogP contribution in [0, 0.1) is 0 Å². The van der Waals surface area contributed by atoms with Gasteiger partial charge in [-0.3, -0.25) is 4.79 Å². The number of fused-ring (bicyclic) bond motifs is 1. The average Bonchev–Trinajstić information content (AvgIpc) is 2.83. The van der Waals surface area contributed by atoms with Gasteiger partial charge in [-0.25, -0.2) is 14.5 Å². The summed E-state index contributed by atoms with van der Waals surface area (Å²) >= 11 is -0.504. The van der Waals surface area contributed by atoms with E-state index in [0.29, 0.717) is 5.56 Å². The highest BCUT2D eigenvalue weighted by Crippen LogP contribution is 2.41. The Balaban J connectivity index is 2.57. The van der Waals surface area contributed by atoms with E-state index in [1.54, 1.807) is 41.5 Å². The van der Waals surface area contributed by atoms with E-state index < -0.39 is 40.3 Å². The van der Waals surface area contributed by atoms with Crippen molar-refractivity contribution in [1.29, 1.82) is 0 Å². The Bertz CT molecular complexity index is 776. The SMILES string of the molecule is CCOC(=O)c1c([S+](C)[O-])sc2c1CC(C)(C)N(C(=O)OC(C)(C)C)C2=O. The lowest BCUT2D eigenvalue weighted by molar-refractivity contribution is 0.00436. The van der Waals surface area contributed by atoms with Crippen molar-refractivity contribution in [3.63, 3.8) is 0 Å². The first-order valence-electron chi connectivity index (χ1n) is 8.54. The largest absolute Gasteiger partial charge is 0.611 e. The number of hydrogen-bond acceptors (Lipinski definition) is 7. The molecular weight excluding hydrogens is 390 g/mol. The molecule has 7 nitrogen and oxygen atoms in total. The monoisotopic (exact) mass is 415 g/mol. The number of ether oxygens (including phenoxy) is 2. The number of esters is 1. The lowest BCUT2D eigenvalue weighted by atomic mass is 9.87. The standard InChI is InChI=1S/C18H25NO6S2/c1-8-24-14(21)11-10-9-18(5,6)19(16(22)25-17(2,3)4)13(20)12(10)26-15(11)27(7)23/h8-9H2,1-7H3. The summed E-state index contributed by atoms with van der Waals surface area (Å²) in [6.07, 6.45) is 0.949. The van der Waals surface area contributed by atoms with E-state index in [9.17, 15) is 18.9 Å². The summed E-state index contributed by atoms with van der Waals surface area (Å²) in [7, 11) is 0. The molecule has 1 aromatic heterocycles. The van der Waals surface area contributed by atoms with Crippen LogP contribution >= 0.6 is 11.3 Å². The Morgan fingerprint density at radius 1 is 1.33 bits per heavy atom. The van der Waals surface area contributed by atoms with Crippen LogP contribution in [0.3, 0.4) is 0 Å². The Morgan fingerprint density at radius 3 is 2.41 bits per heavy atom. The van der Waals surface area contributed by atoms with Gasteiger partial charge in [0.2, 0.25) is 4.21 Å². The van der Waals surface area contributed by atoms with Crippen LogP contribution in [-0.2, 0) is 27.1 Å². The van der Waals surface area contributed by atoms with Crippen molar-refractivity contribution < 1.29 is 28.4 Å². The van der Waals surface area contributed by atoms with E-state index in [4.69, 9.17) is 9.47 Å². The highest BCUT2D eigenvalue weighted by atomic mass is 32.2. The van der Waals surface area contributed by atoms with Crippen molar-refractivity contribution in [3.05, 3.63) is 16.0 Å². The number of hydrogen-bond donors (Lipinski definition) is 0. The van der Waals surface area contributed by atoms with Gasteiger partial charge in [-0.05, 0) is 64.7 Å². The molecule has 27 heavy (non-hydrogen) atoms. The molecule has 0 aliphatic carbocycles. The van der Waals surface area contributed by atoms with Gasteiger partial charge in [0, 0.05) is 0 Å². The minimum atomic E-state index is -1.48. The molecule has 1 aliphatic rings. The minimum Gasteiger partial charge on any atom is -0.611 e. The molecule has 2 rings (SSSR count). The van der Waals surface area contributed by atoms with Gasteiger partial charge in [0.1, 0.15) is 22.3 Å². The van der Waals surface area contributed by atoms with Crippen LogP contribution in [0.1, 0.15) is 67.1 Å². The zero-order valence-electron chi connectivity index (χ0n) is 16.6. The number of thiophene rings is 1. The molecule has 0 saturated carbocycles. The Hall–Kier alpha value is -1.58. The van der Waals surface area contributed by atoms with Gasteiger partial charge in [-0.15, -0.1) is 0 Å². The van der Waals surface area contributed by atoms with Gasteiger partial charge >= 0.3 is 12.1 Å². The molecule has 0 bridgehead atoms. The first-order chi connectivity index (χ1) is 12.3. The van der Waals surface area contributed by atoms with Gasteiger partial charge in [0.05, 0.1) is 12.1 Å². The smallest absolute Gasteiger partial charge is 0.417 e. The fourth-order valence-electron chi connectivity index (χ4n) is 2.92. The average molecular weight is 416 g/mol. The third-order valence-corrected chi connectivity index (χ3v) is 6.60. The van der Waals surface area contributed by atoms with Crippen molar-refractivity contribution in [2.45, 2.75) is 63.3 Å². The Morgan fingerprint density at radius 2 is 1.93 bits per heavy atom. The van der Waals surface area contributed by atoms with Gasteiger partial charge in [-0.2, -0.15) is 0 Å². The topological polar surface area (TPSA) is 96.0 Å². The second kappa shape index (κ2) is 7.44. The summed E-state index contributed by atoms with van der Waals surface area (Å²) in [5.41, 5.74) is -1.00. The van der Waals surface area contributed by atoms with Crippen LogP contribution in [0.5, 0.6) is 0 Å². The summed E-state index contributed by atoms with van der Waals surface area (Å²) in [5, 5.41) is 0. The van der Waals surface area contributed by atoms with Crippen LogP contribution in [0.15, 0.2) is 4.21 Å². The first-order valence-corrected chi connectivity index (χ1v) is 10.9. The lowest BCUT2D eigenvalue weighted by Crippen LogP contribution is -2.56. The molecule has 1 atom stereocenters. The second-order valence-corrected chi connectivity index (χ2v) is 10.5. The zero-order chi connectivity index (χ0) is 20.7. The quantitative estimate of drug-likeness (QED) is 0.555. The van der Waals surface area contributed by atoms with E-state index in [1.165, 1.54) is 6.26 Å². The third kappa shape index (κ3) is 4.30. The lowest BCUT2D eigenvalue weighted by Gasteiger charge is -2.40. The molecule has 1 unspecified atom stereocenters. The zero-order valence-corrected chi connectivity index (χ0v) is 18.3. The molecule has 2 amide bonds. The van der Waals surface area contributed by atoms with Crippen molar-refractivity contribution in [3.8, 4) is 0 Å². The molecule has 0 fully saturated rings. The molecule has 0 aromatic carbocycles. The summed E-state index contributed by atoms with van der Waals surface area (Å²) < 4.78 is 22.9. The van der Waals surface area contributed by atoms with Gasteiger partial charge in [-0.1, -0.05) is 11.3 Å². The second-order valence-electron chi connectivity index (χ2n) is 7.86. The molecule has 150 valence electrons. The molecule has 0 saturated heterocycles. The van der Waals surface area contributed by atoms with Gasteiger partial charge in [0.15, 0.2) is 0 Å². The number of carbonyl (C=O) groups excluding carboxylic acids is 3. The number of amides is 2. The normalized spacial score (nSPS) is 17.3. The van der Waals surface area contributed by atoms with Crippen molar-refractivity contribution in [1.82, 2.24) is 4.90 Å². The highest BCUT2D eigenvalue weighted by Gasteiger charge is 2.48. The predicted molar refractivity (Wildman–Crippen MR) is 103 cm³/mol. The van der Waals surface area contributed by atoms with Gasteiger partial charge in [0.25, 0.3) is 5.91 Å². The van der Waals surface area contributed by atoms with E-state index in [1.807, 2.05) is 0 Å². The van der Waals surface area contributed by atoms with Crippen LogP contribution in [0.2, 0.25) is 0 Å². The van der Waals surface area contributed by atoms with Crippen molar-refractivity contribution in [2.24, 2.45) is 0 Å². The van der Waals surface area contributed by atoms with Crippen LogP contribution in [0.4, 0.5) is 4.79 Å². The summed E-state index contributed by atoms with van der Waals surface area (Å²) in [4.78, 5) is 39.5. The van der Waals surface area contributed by atoms with Gasteiger partial charge < -0.3 is 14.0 Å². The number of carbonyl (C=O) groups is 3. The maximum atomic E-state index is 13.1. The van der Waals surface area contributed by atoms with E-state index in [-0.39, 0.29) is 27.7 Å². The van der Waals surface area contributed by atoms with E-state index in [2.05, 4.69) is 0 Å². The minimum absolute atomic E-state index is 0.167. The number of rotatable bonds is 3. The predicted octanol–water partition coefficient (Wildman–Crippen LogP) is 3.37. The van der Waals surface area contributed by atoms with Crippen LogP contribution < -0.4 is 0 Å². The van der Waals surface area contributed by atoms with E-state index in [0.717, 1.165) is 16.2 Å². The third-order valence-electron chi connectivity index (χ3n) is 3.90. The molecule has 0 radical (unpaired) electrons. The van der Waals surface area contributed by atoms with E-state index >= 15 is 0 Å². The highest BCUT2D eigenvalue weighted by molar-refractivity contribution is 7.92.